The molecule has 0 N–H and O–H groups in total. The normalized spacial score (nSPS) is 18.4. The van der Waals surface area contributed by atoms with Crippen molar-refractivity contribution in [3.8, 4) is 17.2 Å². The second-order valence-electron chi connectivity index (χ2n) is 8.90. The van der Waals surface area contributed by atoms with Crippen molar-refractivity contribution in [2.24, 2.45) is 5.10 Å². The quantitative estimate of drug-likeness (QED) is 0.305. The highest BCUT2D eigenvalue weighted by Gasteiger charge is 2.42. The number of methoxy groups -OCH3 is 1. The second-order valence-corrected chi connectivity index (χ2v) is 9.74. The number of aryl methyl sites for hydroxylation is 1. The van der Waals surface area contributed by atoms with Gasteiger partial charge in [-0.1, -0.05) is 66.4 Å². The summed E-state index contributed by atoms with van der Waals surface area (Å²) < 4.78 is 18.1. The van der Waals surface area contributed by atoms with Crippen molar-refractivity contribution in [1.29, 1.82) is 0 Å². The highest BCUT2D eigenvalue weighted by Crippen LogP contribution is 2.51. The molecule has 0 saturated carbocycles. The first-order chi connectivity index (χ1) is 17.0. The van der Waals surface area contributed by atoms with Crippen molar-refractivity contribution in [1.82, 2.24) is 5.01 Å². The first kappa shape index (κ1) is 23.8. The van der Waals surface area contributed by atoms with E-state index in [1.54, 1.807) is 13.2 Å². The Morgan fingerprint density at radius 1 is 1.06 bits per heavy atom. The molecule has 3 aromatic carbocycles. The molecule has 3 aromatic rings. The standard InChI is InChI=1S/C28H28Cl2N2O3/c1-4-5-12-34-25-11-10-19(13-26(25)33-3)28-32-24(21-14-20(29)15-22(30)27(21)35-28)16-23(31-32)18-8-6-17(2)7-9-18/h6-11,13-15,24,28H,4-5,12,16H2,1-3H3/t24-,28-/m0/s1. The lowest BCUT2D eigenvalue weighted by molar-refractivity contribution is -0.0190. The van der Waals surface area contributed by atoms with Crippen LogP contribution in [-0.4, -0.2) is 24.4 Å². The van der Waals surface area contributed by atoms with Crippen molar-refractivity contribution in [3.05, 3.63) is 86.9 Å². The molecule has 2 aliphatic heterocycles. The third-order valence-corrected chi connectivity index (χ3v) is 6.92. The number of unbranched alkanes of at least 4 members (excludes halogenated alkanes) is 1. The molecule has 5 nitrogen and oxygen atoms in total. The molecule has 2 heterocycles. The van der Waals surface area contributed by atoms with Gasteiger partial charge in [-0.15, -0.1) is 0 Å². The number of ether oxygens (including phenoxy) is 3. The molecule has 182 valence electrons. The summed E-state index contributed by atoms with van der Waals surface area (Å²) in [5, 5.41) is 8.11. The topological polar surface area (TPSA) is 43.3 Å². The molecule has 0 radical (unpaired) electrons. The summed E-state index contributed by atoms with van der Waals surface area (Å²) in [4.78, 5) is 0. The summed E-state index contributed by atoms with van der Waals surface area (Å²) in [5.74, 6) is 2.02. The minimum atomic E-state index is -0.479. The predicted molar refractivity (Wildman–Crippen MR) is 140 cm³/mol. The monoisotopic (exact) mass is 510 g/mol. The lowest BCUT2D eigenvalue weighted by Crippen LogP contribution is -2.33. The van der Waals surface area contributed by atoms with Crippen LogP contribution in [0.15, 0.2) is 59.7 Å². The molecule has 0 bridgehead atoms. The Labute approximate surface area is 216 Å². The van der Waals surface area contributed by atoms with Gasteiger partial charge in [-0.25, -0.2) is 5.01 Å². The molecule has 2 atom stereocenters. The van der Waals surface area contributed by atoms with Gasteiger partial charge in [0.25, 0.3) is 0 Å². The fourth-order valence-corrected chi connectivity index (χ4v) is 5.09. The molecule has 7 heteroatoms. The molecule has 2 aliphatic rings. The SMILES string of the molecule is CCCCOc1ccc([C@@H]2Oc3c(Cl)cc(Cl)cc3[C@@H]3CC(c4ccc(C)cc4)=NN32)cc1OC. The highest BCUT2D eigenvalue weighted by molar-refractivity contribution is 6.35. The predicted octanol–water partition coefficient (Wildman–Crippen LogP) is 7.73. The zero-order valence-electron chi connectivity index (χ0n) is 20.1. The first-order valence-corrected chi connectivity index (χ1v) is 12.6. The van der Waals surface area contributed by atoms with Gasteiger partial charge in [-0.2, -0.15) is 5.10 Å². The first-order valence-electron chi connectivity index (χ1n) is 11.9. The van der Waals surface area contributed by atoms with Crippen LogP contribution in [0.3, 0.4) is 0 Å². The number of hydrazone groups is 1. The lowest BCUT2D eigenvalue weighted by atomic mass is 9.95. The van der Waals surface area contributed by atoms with E-state index >= 15 is 0 Å². The Bertz CT molecular complexity index is 1260. The van der Waals surface area contributed by atoms with Crippen LogP contribution < -0.4 is 14.2 Å². The van der Waals surface area contributed by atoms with Gasteiger partial charge >= 0.3 is 0 Å². The maximum absolute atomic E-state index is 6.61. The van der Waals surface area contributed by atoms with Crippen molar-refractivity contribution in [3.63, 3.8) is 0 Å². The summed E-state index contributed by atoms with van der Waals surface area (Å²) in [6.45, 7) is 4.86. The molecule has 0 aliphatic carbocycles. The number of hydrogen-bond donors (Lipinski definition) is 0. The molecule has 0 saturated heterocycles. The van der Waals surface area contributed by atoms with Gasteiger partial charge in [0.1, 0.15) is 5.75 Å². The van der Waals surface area contributed by atoms with Crippen LogP contribution >= 0.6 is 23.2 Å². The Kier molecular flexibility index (Phi) is 6.81. The van der Waals surface area contributed by atoms with E-state index in [1.165, 1.54) is 5.56 Å². The van der Waals surface area contributed by atoms with Crippen molar-refractivity contribution < 1.29 is 14.2 Å². The van der Waals surface area contributed by atoms with Gasteiger partial charge in [-0.3, -0.25) is 0 Å². The summed E-state index contributed by atoms with van der Waals surface area (Å²) in [5.41, 5.74) is 5.15. The molecule has 0 spiro atoms. The Morgan fingerprint density at radius 2 is 1.86 bits per heavy atom. The molecule has 5 rings (SSSR count). The minimum Gasteiger partial charge on any atom is -0.493 e. The van der Waals surface area contributed by atoms with E-state index in [0.717, 1.165) is 41.7 Å². The highest BCUT2D eigenvalue weighted by atomic mass is 35.5. The molecular weight excluding hydrogens is 483 g/mol. The summed E-state index contributed by atoms with van der Waals surface area (Å²) >= 11 is 13.0. The van der Waals surface area contributed by atoms with Gasteiger partial charge in [0.15, 0.2) is 11.5 Å². The molecule has 0 amide bonds. The minimum absolute atomic E-state index is 0.0530. The Hall–Kier alpha value is -2.89. The van der Waals surface area contributed by atoms with E-state index in [0.29, 0.717) is 33.9 Å². The van der Waals surface area contributed by atoms with E-state index in [4.69, 9.17) is 42.5 Å². The van der Waals surface area contributed by atoms with E-state index in [-0.39, 0.29) is 6.04 Å². The number of hydrogen-bond acceptors (Lipinski definition) is 5. The third-order valence-electron chi connectivity index (χ3n) is 6.42. The van der Waals surface area contributed by atoms with Crippen LogP contribution in [0, 0.1) is 6.92 Å². The van der Waals surface area contributed by atoms with Crippen LogP contribution in [0.5, 0.6) is 17.2 Å². The van der Waals surface area contributed by atoms with Crippen LogP contribution in [0.4, 0.5) is 0 Å². The van der Waals surface area contributed by atoms with Crippen molar-refractivity contribution in [2.45, 2.75) is 45.4 Å². The number of rotatable bonds is 7. The number of benzene rings is 3. The van der Waals surface area contributed by atoms with Crippen LogP contribution in [0.2, 0.25) is 10.0 Å². The van der Waals surface area contributed by atoms with Crippen molar-refractivity contribution in [2.75, 3.05) is 13.7 Å². The Morgan fingerprint density at radius 3 is 2.60 bits per heavy atom. The molecule has 35 heavy (non-hydrogen) atoms. The van der Waals surface area contributed by atoms with Crippen LogP contribution in [-0.2, 0) is 0 Å². The van der Waals surface area contributed by atoms with E-state index in [9.17, 15) is 0 Å². The largest absolute Gasteiger partial charge is 0.493 e. The van der Waals surface area contributed by atoms with E-state index in [1.807, 2.05) is 29.3 Å². The zero-order valence-corrected chi connectivity index (χ0v) is 21.6. The maximum atomic E-state index is 6.61. The van der Waals surface area contributed by atoms with Gasteiger partial charge in [0.05, 0.1) is 30.5 Å². The number of halogens is 2. The lowest BCUT2D eigenvalue weighted by Gasteiger charge is -2.38. The molecule has 0 unspecified atom stereocenters. The maximum Gasteiger partial charge on any atom is 0.214 e. The average Bonchev–Trinajstić information content (AvgIpc) is 3.30. The number of nitrogens with zero attached hydrogens (tertiary/aromatic N) is 2. The van der Waals surface area contributed by atoms with Crippen molar-refractivity contribution >= 4 is 28.9 Å². The third kappa shape index (κ3) is 4.67. The summed E-state index contributed by atoms with van der Waals surface area (Å²) in [7, 11) is 1.65. The second kappa shape index (κ2) is 10.00. The fraction of sp³-hybridized carbons (Fsp3) is 0.321. The van der Waals surface area contributed by atoms with E-state index in [2.05, 4.69) is 38.1 Å². The zero-order chi connectivity index (χ0) is 24.5. The summed E-state index contributed by atoms with van der Waals surface area (Å²) in [6.07, 6.45) is 2.30. The Balaban J connectivity index is 1.55. The molecule has 0 fully saturated rings. The molecule has 0 aromatic heterocycles. The van der Waals surface area contributed by atoms with Gasteiger partial charge in [0, 0.05) is 22.6 Å². The average molecular weight is 511 g/mol. The van der Waals surface area contributed by atoms with Crippen LogP contribution in [0.25, 0.3) is 0 Å². The fourth-order valence-electron chi connectivity index (χ4n) is 4.54. The van der Waals surface area contributed by atoms with E-state index < -0.39 is 6.23 Å². The number of fused-ring (bicyclic) bond motifs is 3. The smallest absolute Gasteiger partial charge is 0.214 e. The molecular formula is C28H28Cl2N2O3. The van der Waals surface area contributed by atoms with Gasteiger partial charge < -0.3 is 14.2 Å². The summed E-state index contributed by atoms with van der Waals surface area (Å²) in [6, 6.07) is 17.9. The van der Waals surface area contributed by atoms with Crippen LogP contribution in [0.1, 0.15) is 60.7 Å². The van der Waals surface area contributed by atoms with Gasteiger partial charge in [-0.05, 0) is 49.2 Å². The van der Waals surface area contributed by atoms with Gasteiger partial charge in [0.2, 0.25) is 6.23 Å².